The van der Waals surface area contributed by atoms with E-state index in [1.807, 2.05) is 27.7 Å². The van der Waals surface area contributed by atoms with Crippen molar-refractivity contribution in [3.8, 4) is 0 Å². The minimum Gasteiger partial charge on any atom is -0.357 e. The summed E-state index contributed by atoms with van der Waals surface area (Å²) in [5, 5.41) is 6.24. The van der Waals surface area contributed by atoms with Crippen molar-refractivity contribution in [2.45, 2.75) is 40.2 Å². The van der Waals surface area contributed by atoms with Crippen LogP contribution in [0.3, 0.4) is 0 Å². The van der Waals surface area contributed by atoms with Gasteiger partial charge in [-0.3, -0.25) is 9.71 Å². The number of aliphatic imine (C=N–C) groups is 1. The van der Waals surface area contributed by atoms with E-state index in [1.165, 1.54) is 18.2 Å². The highest BCUT2D eigenvalue weighted by Gasteiger charge is 2.14. The van der Waals surface area contributed by atoms with Gasteiger partial charge < -0.3 is 10.6 Å². The van der Waals surface area contributed by atoms with Gasteiger partial charge in [0.05, 0.1) is 18.0 Å². The number of rotatable bonds is 6. The molecular weight excluding hydrogens is 458 g/mol. The number of nitrogens with zero attached hydrogens (tertiary/aromatic N) is 1. The van der Waals surface area contributed by atoms with Crippen molar-refractivity contribution in [3.63, 3.8) is 0 Å². The summed E-state index contributed by atoms with van der Waals surface area (Å²) in [5.41, 5.74) is 0.491. The number of aryl methyl sites for hydroxylation is 1. The fraction of sp³-hybridized carbons (Fsp3) is 0.562. The van der Waals surface area contributed by atoms with Gasteiger partial charge in [0.2, 0.25) is 10.0 Å². The molecule has 0 aliphatic rings. The van der Waals surface area contributed by atoms with Crippen molar-refractivity contribution in [2.24, 2.45) is 4.99 Å². The molecule has 0 aliphatic heterocycles. The molecule has 9 heteroatoms. The molecule has 144 valence electrons. The molecule has 0 heterocycles. The minimum absolute atomic E-state index is 0. The van der Waals surface area contributed by atoms with E-state index in [-0.39, 0.29) is 47.5 Å². The Balaban J connectivity index is 0.00000576. The SMILES string of the molecule is CCNC(=NCCS(=O)(=O)Nc1ccc(C)c(F)c1)NC(C)(C)C.I. The molecule has 0 aromatic heterocycles. The van der Waals surface area contributed by atoms with Crippen LogP contribution in [0.15, 0.2) is 23.2 Å². The number of hydrogen-bond acceptors (Lipinski definition) is 3. The number of halogens is 2. The second-order valence-electron chi connectivity index (χ2n) is 6.52. The summed E-state index contributed by atoms with van der Waals surface area (Å²) in [6, 6.07) is 4.23. The normalized spacial score (nSPS) is 12.3. The number of guanidine groups is 1. The predicted octanol–water partition coefficient (Wildman–Crippen LogP) is 2.85. The van der Waals surface area contributed by atoms with Gasteiger partial charge in [-0.1, -0.05) is 6.07 Å². The molecule has 0 atom stereocenters. The van der Waals surface area contributed by atoms with Crippen molar-refractivity contribution in [1.29, 1.82) is 0 Å². The summed E-state index contributed by atoms with van der Waals surface area (Å²) in [7, 11) is -3.60. The van der Waals surface area contributed by atoms with Crippen LogP contribution in [-0.2, 0) is 10.0 Å². The van der Waals surface area contributed by atoms with E-state index in [0.29, 0.717) is 18.1 Å². The van der Waals surface area contributed by atoms with E-state index in [4.69, 9.17) is 0 Å². The molecule has 3 N–H and O–H groups in total. The summed E-state index contributed by atoms with van der Waals surface area (Å²) >= 11 is 0. The third-order valence-electron chi connectivity index (χ3n) is 2.91. The van der Waals surface area contributed by atoms with Crippen LogP contribution in [0, 0.1) is 12.7 Å². The van der Waals surface area contributed by atoms with Crippen molar-refractivity contribution in [2.75, 3.05) is 23.6 Å². The molecule has 0 radical (unpaired) electrons. The molecule has 0 unspecified atom stereocenters. The molecule has 1 aromatic carbocycles. The molecule has 0 amide bonds. The molecule has 0 saturated carbocycles. The zero-order valence-corrected chi connectivity index (χ0v) is 18.5. The molecule has 6 nitrogen and oxygen atoms in total. The summed E-state index contributed by atoms with van der Waals surface area (Å²) in [4.78, 5) is 4.26. The lowest BCUT2D eigenvalue weighted by molar-refractivity contribution is 0.502. The maximum Gasteiger partial charge on any atom is 0.234 e. The van der Waals surface area contributed by atoms with Gasteiger partial charge in [0.1, 0.15) is 5.82 Å². The van der Waals surface area contributed by atoms with Crippen molar-refractivity contribution in [1.82, 2.24) is 10.6 Å². The van der Waals surface area contributed by atoms with E-state index in [2.05, 4.69) is 20.3 Å². The summed E-state index contributed by atoms with van der Waals surface area (Å²) in [5.74, 6) is -0.0814. The van der Waals surface area contributed by atoms with Gasteiger partial charge in [0.15, 0.2) is 5.96 Å². The molecule has 0 spiro atoms. The van der Waals surface area contributed by atoms with Gasteiger partial charge in [-0.25, -0.2) is 12.8 Å². The Morgan fingerprint density at radius 1 is 1.28 bits per heavy atom. The number of nitrogens with one attached hydrogen (secondary N) is 3. The largest absolute Gasteiger partial charge is 0.357 e. The Morgan fingerprint density at radius 2 is 1.92 bits per heavy atom. The lowest BCUT2D eigenvalue weighted by atomic mass is 10.1. The van der Waals surface area contributed by atoms with Crippen LogP contribution in [0.1, 0.15) is 33.3 Å². The number of hydrogen-bond donors (Lipinski definition) is 3. The standard InChI is InChI=1S/C16H27FN4O2S.HI/c1-6-18-15(20-16(3,4)5)19-9-10-24(22,23)21-13-8-7-12(2)14(17)11-13;/h7-8,11,21H,6,9-10H2,1-5H3,(H2,18,19,20);1H. The number of benzene rings is 1. The second kappa shape index (κ2) is 10.1. The quantitative estimate of drug-likeness (QED) is 0.328. The van der Waals surface area contributed by atoms with Crippen LogP contribution >= 0.6 is 24.0 Å². The molecular formula is C16H28FIN4O2S. The van der Waals surface area contributed by atoms with Gasteiger partial charge in [-0.2, -0.15) is 0 Å². The van der Waals surface area contributed by atoms with Gasteiger partial charge in [-0.05, 0) is 52.3 Å². The van der Waals surface area contributed by atoms with E-state index < -0.39 is 15.8 Å². The smallest absolute Gasteiger partial charge is 0.234 e. The highest BCUT2D eigenvalue weighted by atomic mass is 127. The topological polar surface area (TPSA) is 82.6 Å². The average molecular weight is 486 g/mol. The Hall–Kier alpha value is -1.10. The molecule has 0 aliphatic carbocycles. The maximum atomic E-state index is 13.5. The van der Waals surface area contributed by atoms with Crippen LogP contribution in [-0.4, -0.2) is 38.8 Å². The van der Waals surface area contributed by atoms with Crippen LogP contribution in [0.25, 0.3) is 0 Å². The third-order valence-corrected chi connectivity index (χ3v) is 4.18. The zero-order chi connectivity index (χ0) is 18.4. The van der Waals surface area contributed by atoms with Crippen LogP contribution in [0.5, 0.6) is 0 Å². The summed E-state index contributed by atoms with van der Waals surface area (Å²) in [6.45, 7) is 10.3. The molecule has 1 rings (SSSR count). The Bertz CT molecular complexity index is 688. The van der Waals surface area contributed by atoms with Crippen molar-refractivity contribution >= 4 is 45.6 Å². The highest BCUT2D eigenvalue weighted by molar-refractivity contribution is 14.0. The van der Waals surface area contributed by atoms with Crippen molar-refractivity contribution < 1.29 is 12.8 Å². The molecule has 25 heavy (non-hydrogen) atoms. The van der Waals surface area contributed by atoms with Gasteiger partial charge >= 0.3 is 0 Å². The second-order valence-corrected chi connectivity index (χ2v) is 8.36. The lowest BCUT2D eigenvalue weighted by Gasteiger charge is -2.23. The molecule has 0 fully saturated rings. The zero-order valence-electron chi connectivity index (χ0n) is 15.3. The van der Waals surface area contributed by atoms with E-state index in [0.717, 1.165) is 0 Å². The number of sulfonamides is 1. The first-order valence-electron chi connectivity index (χ1n) is 7.85. The Morgan fingerprint density at radius 3 is 2.44 bits per heavy atom. The lowest BCUT2D eigenvalue weighted by Crippen LogP contribution is -2.47. The first-order chi connectivity index (χ1) is 11.0. The summed E-state index contributed by atoms with van der Waals surface area (Å²) < 4.78 is 40.0. The van der Waals surface area contributed by atoms with Gasteiger partial charge in [0.25, 0.3) is 0 Å². The van der Waals surface area contributed by atoms with E-state index in [9.17, 15) is 12.8 Å². The first-order valence-corrected chi connectivity index (χ1v) is 9.51. The first kappa shape index (κ1) is 23.9. The third kappa shape index (κ3) is 9.83. The molecule has 0 saturated heterocycles. The van der Waals surface area contributed by atoms with Crippen LogP contribution in [0.2, 0.25) is 0 Å². The molecule has 0 bridgehead atoms. The molecule has 1 aromatic rings. The highest BCUT2D eigenvalue weighted by Crippen LogP contribution is 2.14. The summed E-state index contributed by atoms with van der Waals surface area (Å²) in [6.07, 6.45) is 0. The Labute approximate surface area is 167 Å². The monoisotopic (exact) mass is 486 g/mol. The van der Waals surface area contributed by atoms with Crippen LogP contribution in [0.4, 0.5) is 10.1 Å². The van der Waals surface area contributed by atoms with Crippen molar-refractivity contribution in [3.05, 3.63) is 29.6 Å². The number of anilines is 1. The predicted molar refractivity (Wildman–Crippen MR) is 113 cm³/mol. The van der Waals surface area contributed by atoms with E-state index in [1.54, 1.807) is 6.92 Å². The van der Waals surface area contributed by atoms with E-state index >= 15 is 0 Å². The fourth-order valence-electron chi connectivity index (χ4n) is 1.83. The fourth-order valence-corrected chi connectivity index (χ4v) is 2.75. The minimum atomic E-state index is -3.60. The van der Waals surface area contributed by atoms with Gasteiger partial charge in [0, 0.05) is 12.1 Å². The van der Waals surface area contributed by atoms with Gasteiger partial charge in [-0.15, -0.1) is 24.0 Å². The Kier molecular flexibility index (Phi) is 9.70. The average Bonchev–Trinajstić information content (AvgIpc) is 2.41. The maximum absolute atomic E-state index is 13.5. The van der Waals surface area contributed by atoms with Crippen LogP contribution < -0.4 is 15.4 Å².